The number of fused-ring (bicyclic) bond motifs is 1. The maximum Gasteiger partial charge on any atom is 0.144 e. The Hall–Kier alpha value is -1.42. The summed E-state index contributed by atoms with van der Waals surface area (Å²) < 4.78 is 2.30. The van der Waals surface area contributed by atoms with Gasteiger partial charge in [0.2, 0.25) is 0 Å². The molecule has 2 heterocycles. The van der Waals surface area contributed by atoms with E-state index in [0.717, 1.165) is 22.6 Å². The predicted octanol–water partition coefficient (Wildman–Crippen LogP) is 2.66. The van der Waals surface area contributed by atoms with Crippen LogP contribution >= 0.6 is 0 Å². The number of rotatable bonds is 3. The third kappa shape index (κ3) is 1.72. The van der Waals surface area contributed by atoms with Crippen LogP contribution in [0.1, 0.15) is 55.7 Å². The number of nitrogens with zero attached hydrogens (tertiary/aromatic N) is 3. The summed E-state index contributed by atoms with van der Waals surface area (Å²) >= 11 is 0. The molecular formula is C14H20N4. The van der Waals surface area contributed by atoms with E-state index in [9.17, 15) is 0 Å². The summed E-state index contributed by atoms with van der Waals surface area (Å²) in [7, 11) is 0. The molecule has 4 heteroatoms. The highest BCUT2D eigenvalue weighted by molar-refractivity contribution is 5.83. The number of hydrogen-bond donors (Lipinski definition) is 1. The first-order valence-corrected chi connectivity index (χ1v) is 6.69. The summed E-state index contributed by atoms with van der Waals surface area (Å²) in [5.41, 5.74) is 9.16. The zero-order chi connectivity index (χ0) is 12.9. The lowest BCUT2D eigenvalue weighted by Gasteiger charge is -2.08. The van der Waals surface area contributed by atoms with Crippen molar-refractivity contribution >= 4 is 11.0 Å². The minimum absolute atomic E-state index is 0.358. The van der Waals surface area contributed by atoms with Gasteiger partial charge in [0.1, 0.15) is 11.5 Å². The third-order valence-corrected chi connectivity index (χ3v) is 3.63. The number of hydrogen-bond acceptors (Lipinski definition) is 3. The van der Waals surface area contributed by atoms with Gasteiger partial charge in [-0.05, 0) is 25.3 Å². The second-order valence-electron chi connectivity index (χ2n) is 5.52. The van der Waals surface area contributed by atoms with E-state index in [-0.39, 0.29) is 0 Å². The highest BCUT2D eigenvalue weighted by Crippen LogP contribution is 2.39. The molecule has 0 bridgehead atoms. The molecule has 2 aromatic heterocycles. The van der Waals surface area contributed by atoms with Crippen LogP contribution in [0.15, 0.2) is 6.20 Å². The van der Waals surface area contributed by atoms with Crippen molar-refractivity contribution in [3.8, 4) is 0 Å². The van der Waals surface area contributed by atoms with E-state index < -0.39 is 0 Å². The quantitative estimate of drug-likeness (QED) is 0.903. The molecule has 0 aromatic carbocycles. The molecule has 0 saturated heterocycles. The van der Waals surface area contributed by atoms with Crippen molar-refractivity contribution in [2.45, 2.75) is 52.1 Å². The van der Waals surface area contributed by atoms with Gasteiger partial charge < -0.3 is 10.3 Å². The first-order chi connectivity index (χ1) is 8.61. The topological polar surface area (TPSA) is 56.7 Å². The van der Waals surface area contributed by atoms with E-state index in [4.69, 9.17) is 10.7 Å². The summed E-state index contributed by atoms with van der Waals surface area (Å²) in [4.78, 5) is 9.38. The predicted molar refractivity (Wildman–Crippen MR) is 72.5 cm³/mol. The summed E-state index contributed by atoms with van der Waals surface area (Å²) in [6.07, 6.45) is 4.69. The lowest BCUT2D eigenvalue weighted by molar-refractivity contribution is 0.736. The van der Waals surface area contributed by atoms with Crippen LogP contribution in [0.3, 0.4) is 0 Å². The molecule has 18 heavy (non-hydrogen) atoms. The first kappa shape index (κ1) is 11.7. The molecular weight excluding hydrogens is 224 g/mol. The number of aromatic nitrogens is 3. The average molecular weight is 244 g/mol. The van der Waals surface area contributed by atoms with Crippen LogP contribution in [0.4, 0.5) is 0 Å². The van der Waals surface area contributed by atoms with E-state index in [1.807, 2.05) is 0 Å². The molecule has 0 unspecified atom stereocenters. The minimum Gasteiger partial charge on any atom is -0.329 e. The molecule has 4 nitrogen and oxygen atoms in total. The van der Waals surface area contributed by atoms with E-state index in [1.54, 1.807) is 0 Å². The van der Waals surface area contributed by atoms with Crippen molar-refractivity contribution < 1.29 is 0 Å². The van der Waals surface area contributed by atoms with Gasteiger partial charge in [-0.3, -0.25) is 0 Å². The molecule has 0 atom stereocenters. The van der Waals surface area contributed by atoms with Crippen molar-refractivity contribution in [1.82, 2.24) is 14.5 Å². The Morgan fingerprint density at radius 1 is 1.39 bits per heavy atom. The molecule has 0 aliphatic heterocycles. The van der Waals surface area contributed by atoms with Crippen molar-refractivity contribution in [2.75, 3.05) is 0 Å². The lowest BCUT2D eigenvalue weighted by atomic mass is 10.1. The second-order valence-corrected chi connectivity index (χ2v) is 5.52. The molecule has 2 N–H and O–H groups in total. The second kappa shape index (κ2) is 4.05. The van der Waals surface area contributed by atoms with Gasteiger partial charge in [-0.2, -0.15) is 0 Å². The van der Waals surface area contributed by atoms with Gasteiger partial charge in [0, 0.05) is 30.1 Å². The number of nitrogens with two attached hydrogens (primary N) is 1. The zero-order valence-corrected chi connectivity index (χ0v) is 11.3. The minimum atomic E-state index is 0.358. The summed E-state index contributed by atoms with van der Waals surface area (Å²) in [5.74, 6) is 1.29. The SMILES string of the molecule is Cc1nc(C(C)C)nc2c1c(CN)cn2C1CC1. The maximum atomic E-state index is 5.85. The van der Waals surface area contributed by atoms with Crippen LogP contribution in [0.2, 0.25) is 0 Å². The Morgan fingerprint density at radius 3 is 2.67 bits per heavy atom. The molecule has 1 saturated carbocycles. The fourth-order valence-electron chi connectivity index (χ4n) is 2.48. The standard InChI is InChI=1S/C14H20N4/c1-8(2)13-16-9(3)12-10(6-15)7-18(11-4-5-11)14(12)17-13/h7-8,11H,4-6,15H2,1-3H3. The van der Waals surface area contributed by atoms with E-state index in [2.05, 4.69) is 36.5 Å². The van der Waals surface area contributed by atoms with Gasteiger partial charge in [0.15, 0.2) is 0 Å². The molecule has 3 rings (SSSR count). The fourth-order valence-corrected chi connectivity index (χ4v) is 2.48. The van der Waals surface area contributed by atoms with Crippen molar-refractivity contribution in [2.24, 2.45) is 5.73 Å². The Balaban J connectivity index is 2.29. The highest BCUT2D eigenvalue weighted by Gasteiger charge is 2.27. The molecule has 0 radical (unpaired) electrons. The van der Waals surface area contributed by atoms with Crippen LogP contribution in [-0.4, -0.2) is 14.5 Å². The summed E-state index contributed by atoms with van der Waals surface area (Å²) in [5, 5.41) is 1.16. The van der Waals surface area contributed by atoms with Crippen molar-refractivity contribution in [1.29, 1.82) is 0 Å². The van der Waals surface area contributed by atoms with Gasteiger partial charge in [0.25, 0.3) is 0 Å². The van der Waals surface area contributed by atoms with Crippen molar-refractivity contribution in [3.63, 3.8) is 0 Å². The molecule has 2 aromatic rings. The van der Waals surface area contributed by atoms with Gasteiger partial charge >= 0.3 is 0 Å². The Bertz CT molecular complexity index is 593. The molecule has 1 aliphatic carbocycles. The Kier molecular flexibility index (Phi) is 2.63. The van der Waals surface area contributed by atoms with Crippen LogP contribution in [-0.2, 0) is 6.54 Å². The first-order valence-electron chi connectivity index (χ1n) is 6.69. The van der Waals surface area contributed by atoms with E-state index >= 15 is 0 Å². The van der Waals surface area contributed by atoms with E-state index in [1.165, 1.54) is 18.4 Å². The zero-order valence-electron chi connectivity index (χ0n) is 11.3. The molecule has 1 aliphatic rings. The molecule has 1 fully saturated rings. The normalized spacial score (nSPS) is 15.8. The highest BCUT2D eigenvalue weighted by atomic mass is 15.1. The Labute approximate surface area is 107 Å². The average Bonchev–Trinajstić information content (AvgIpc) is 3.10. The maximum absolute atomic E-state index is 5.85. The van der Waals surface area contributed by atoms with Crippen LogP contribution in [0.25, 0.3) is 11.0 Å². The Morgan fingerprint density at radius 2 is 2.11 bits per heavy atom. The molecule has 0 spiro atoms. The third-order valence-electron chi connectivity index (χ3n) is 3.63. The molecule has 0 amide bonds. The van der Waals surface area contributed by atoms with Gasteiger partial charge in [-0.15, -0.1) is 0 Å². The van der Waals surface area contributed by atoms with E-state index in [0.29, 0.717) is 18.5 Å². The molecule has 96 valence electrons. The lowest BCUT2D eigenvalue weighted by Crippen LogP contribution is -2.03. The van der Waals surface area contributed by atoms with Crippen LogP contribution < -0.4 is 5.73 Å². The fraction of sp³-hybridized carbons (Fsp3) is 0.571. The largest absolute Gasteiger partial charge is 0.329 e. The van der Waals surface area contributed by atoms with Crippen LogP contribution in [0.5, 0.6) is 0 Å². The van der Waals surface area contributed by atoms with Crippen LogP contribution in [0, 0.1) is 6.92 Å². The van der Waals surface area contributed by atoms with Crippen molar-refractivity contribution in [3.05, 3.63) is 23.3 Å². The monoisotopic (exact) mass is 244 g/mol. The van der Waals surface area contributed by atoms with Gasteiger partial charge in [-0.1, -0.05) is 13.8 Å². The summed E-state index contributed by atoms with van der Waals surface area (Å²) in [6, 6.07) is 0.627. The van der Waals surface area contributed by atoms with Gasteiger partial charge in [-0.25, -0.2) is 9.97 Å². The number of aryl methyl sites for hydroxylation is 1. The smallest absolute Gasteiger partial charge is 0.144 e. The summed E-state index contributed by atoms with van der Waals surface area (Å²) in [6.45, 7) is 6.89. The van der Waals surface area contributed by atoms with Gasteiger partial charge in [0.05, 0.1) is 5.69 Å².